The summed E-state index contributed by atoms with van der Waals surface area (Å²) in [4.78, 5) is 35.0. The summed E-state index contributed by atoms with van der Waals surface area (Å²) in [5.74, 6) is -1.03. The minimum Gasteiger partial charge on any atom is -0.469 e. The van der Waals surface area contributed by atoms with Gasteiger partial charge in [-0.15, -0.1) is 0 Å². The number of hydrogen-bond acceptors (Lipinski definition) is 5. The fourth-order valence-electron chi connectivity index (χ4n) is 1.95. The molecule has 6 heteroatoms. The molecule has 2 aromatic rings. The molecule has 0 radical (unpaired) electrons. The van der Waals surface area contributed by atoms with Gasteiger partial charge in [0.15, 0.2) is 5.78 Å². The van der Waals surface area contributed by atoms with Crippen molar-refractivity contribution in [2.45, 2.75) is 6.42 Å². The van der Waals surface area contributed by atoms with Crippen molar-refractivity contribution in [2.24, 2.45) is 0 Å². The molecule has 20 heavy (non-hydrogen) atoms. The molecule has 0 amide bonds. The maximum atomic E-state index is 12.1. The second-order valence-corrected chi connectivity index (χ2v) is 4.08. The number of ketones is 1. The lowest BCUT2D eigenvalue weighted by Gasteiger charge is -2.00. The van der Waals surface area contributed by atoms with Crippen molar-refractivity contribution in [3.8, 4) is 0 Å². The van der Waals surface area contributed by atoms with Crippen molar-refractivity contribution in [1.82, 2.24) is 4.57 Å². The number of aromatic nitrogens is 1. The van der Waals surface area contributed by atoms with Gasteiger partial charge in [-0.25, -0.2) is 4.79 Å². The summed E-state index contributed by atoms with van der Waals surface area (Å²) < 4.78 is 10.4. The molecule has 0 unspecified atom stereocenters. The van der Waals surface area contributed by atoms with Crippen molar-refractivity contribution in [1.29, 1.82) is 0 Å². The van der Waals surface area contributed by atoms with Crippen molar-refractivity contribution in [3.63, 3.8) is 0 Å². The Balaban J connectivity index is 2.51. The Labute approximate surface area is 114 Å². The van der Waals surface area contributed by atoms with Crippen LogP contribution in [0.25, 0.3) is 10.9 Å². The molecule has 1 aromatic carbocycles. The maximum absolute atomic E-state index is 12.1. The van der Waals surface area contributed by atoms with E-state index < -0.39 is 17.8 Å². The standard InChI is InChI=1S/C14H13NO5/c1-19-13(17)7-12(16)10-8-15(14(18)20-2)11-6-4-3-5-9(10)11/h3-6,8H,7H2,1-2H3. The zero-order chi connectivity index (χ0) is 14.7. The highest BCUT2D eigenvalue weighted by Gasteiger charge is 2.20. The molecule has 0 bridgehead atoms. The van der Waals surface area contributed by atoms with Crippen LogP contribution in [-0.2, 0) is 14.3 Å². The number of nitrogens with zero attached hydrogens (tertiary/aromatic N) is 1. The van der Waals surface area contributed by atoms with Gasteiger partial charge in [0.05, 0.1) is 19.7 Å². The van der Waals surface area contributed by atoms with E-state index in [0.29, 0.717) is 10.9 Å². The van der Waals surface area contributed by atoms with Crippen molar-refractivity contribution < 1.29 is 23.9 Å². The average Bonchev–Trinajstić information content (AvgIpc) is 2.86. The SMILES string of the molecule is COC(=O)CC(=O)c1cn(C(=O)OC)c2ccccc12. The molecule has 0 spiro atoms. The predicted octanol–water partition coefficient (Wildman–Crippen LogP) is 2.00. The Bertz CT molecular complexity index is 686. The fraction of sp³-hybridized carbons (Fsp3) is 0.214. The van der Waals surface area contributed by atoms with Crippen LogP contribution in [0.3, 0.4) is 0 Å². The summed E-state index contributed by atoms with van der Waals surface area (Å²) in [5.41, 5.74) is 0.837. The summed E-state index contributed by atoms with van der Waals surface area (Å²) in [6.45, 7) is 0. The average molecular weight is 275 g/mol. The third kappa shape index (κ3) is 2.40. The van der Waals surface area contributed by atoms with Gasteiger partial charge in [-0.3, -0.25) is 14.2 Å². The van der Waals surface area contributed by atoms with Crippen LogP contribution in [0.15, 0.2) is 30.5 Å². The first-order chi connectivity index (χ1) is 9.58. The van der Waals surface area contributed by atoms with Gasteiger partial charge in [0.1, 0.15) is 6.42 Å². The highest BCUT2D eigenvalue weighted by atomic mass is 16.5. The number of esters is 1. The number of benzene rings is 1. The molecule has 2 rings (SSSR count). The van der Waals surface area contributed by atoms with Crippen molar-refractivity contribution >= 4 is 28.7 Å². The van der Waals surface area contributed by atoms with Gasteiger partial charge in [-0.2, -0.15) is 0 Å². The first-order valence-electron chi connectivity index (χ1n) is 5.87. The Kier molecular flexibility index (Phi) is 3.84. The van der Waals surface area contributed by atoms with E-state index in [9.17, 15) is 14.4 Å². The molecule has 0 N–H and O–H groups in total. The van der Waals surface area contributed by atoms with Gasteiger partial charge in [0, 0.05) is 17.1 Å². The molecular formula is C14H13NO5. The van der Waals surface area contributed by atoms with E-state index in [-0.39, 0.29) is 12.0 Å². The van der Waals surface area contributed by atoms with Crippen LogP contribution < -0.4 is 0 Å². The largest absolute Gasteiger partial charge is 0.469 e. The number of ether oxygens (including phenoxy) is 2. The number of para-hydroxylation sites is 1. The third-order valence-electron chi connectivity index (χ3n) is 2.92. The molecule has 104 valence electrons. The summed E-state index contributed by atoms with van der Waals surface area (Å²) in [5, 5.41) is 0.590. The van der Waals surface area contributed by atoms with Gasteiger partial charge in [0.25, 0.3) is 0 Å². The smallest absolute Gasteiger partial charge is 0.418 e. The van der Waals surface area contributed by atoms with Gasteiger partial charge in [-0.05, 0) is 6.07 Å². The molecule has 0 fully saturated rings. The quantitative estimate of drug-likeness (QED) is 0.486. The lowest BCUT2D eigenvalue weighted by molar-refractivity contribution is -0.139. The first kappa shape index (κ1) is 13.8. The molecule has 0 aliphatic heterocycles. The lowest BCUT2D eigenvalue weighted by Crippen LogP contribution is -2.11. The van der Waals surface area contributed by atoms with E-state index in [2.05, 4.69) is 9.47 Å². The Morgan fingerprint density at radius 1 is 1.10 bits per heavy atom. The number of Topliss-reactive ketones (excluding diaryl/α,β-unsaturated/α-hetero) is 1. The minimum absolute atomic E-state index is 0.288. The van der Waals surface area contributed by atoms with E-state index in [0.717, 1.165) is 0 Å². The molecule has 0 saturated carbocycles. The monoisotopic (exact) mass is 275 g/mol. The van der Waals surface area contributed by atoms with Crippen LogP contribution in [0.1, 0.15) is 16.8 Å². The topological polar surface area (TPSA) is 74.6 Å². The Morgan fingerprint density at radius 2 is 1.80 bits per heavy atom. The lowest BCUT2D eigenvalue weighted by atomic mass is 10.1. The molecular weight excluding hydrogens is 262 g/mol. The van der Waals surface area contributed by atoms with Crippen LogP contribution in [0, 0.1) is 0 Å². The van der Waals surface area contributed by atoms with Crippen molar-refractivity contribution in [2.75, 3.05) is 14.2 Å². The molecule has 0 aliphatic rings. The molecule has 0 aliphatic carbocycles. The van der Waals surface area contributed by atoms with E-state index >= 15 is 0 Å². The van der Waals surface area contributed by atoms with E-state index in [1.807, 2.05) is 0 Å². The first-order valence-corrected chi connectivity index (χ1v) is 5.87. The number of carbonyl (C=O) groups is 3. The van der Waals surface area contributed by atoms with Gasteiger partial charge < -0.3 is 9.47 Å². The van der Waals surface area contributed by atoms with Crippen LogP contribution >= 0.6 is 0 Å². The second kappa shape index (κ2) is 5.56. The van der Waals surface area contributed by atoms with Gasteiger partial charge >= 0.3 is 12.1 Å². The second-order valence-electron chi connectivity index (χ2n) is 4.08. The van der Waals surface area contributed by atoms with Crippen LogP contribution in [-0.4, -0.2) is 36.6 Å². The fourth-order valence-corrected chi connectivity index (χ4v) is 1.95. The third-order valence-corrected chi connectivity index (χ3v) is 2.92. The molecule has 1 aromatic heterocycles. The maximum Gasteiger partial charge on any atom is 0.418 e. The van der Waals surface area contributed by atoms with Crippen LogP contribution in [0.5, 0.6) is 0 Å². The Morgan fingerprint density at radius 3 is 2.45 bits per heavy atom. The number of rotatable bonds is 3. The molecule has 6 nitrogen and oxygen atoms in total. The van der Waals surface area contributed by atoms with Crippen molar-refractivity contribution in [3.05, 3.63) is 36.0 Å². The molecule has 0 saturated heterocycles. The van der Waals surface area contributed by atoms with E-state index in [4.69, 9.17) is 0 Å². The summed E-state index contributed by atoms with van der Waals surface area (Å²) >= 11 is 0. The van der Waals surface area contributed by atoms with Gasteiger partial charge in [-0.1, -0.05) is 18.2 Å². The summed E-state index contributed by atoms with van der Waals surface area (Å²) in [7, 11) is 2.47. The number of carbonyl (C=O) groups excluding carboxylic acids is 3. The normalized spacial score (nSPS) is 10.3. The molecule has 0 atom stereocenters. The highest BCUT2D eigenvalue weighted by molar-refractivity contribution is 6.14. The summed E-state index contributed by atoms with van der Waals surface area (Å²) in [6.07, 6.45) is 0.409. The zero-order valence-electron chi connectivity index (χ0n) is 11.1. The van der Waals surface area contributed by atoms with Crippen LogP contribution in [0.2, 0.25) is 0 Å². The van der Waals surface area contributed by atoms with Gasteiger partial charge in [0.2, 0.25) is 0 Å². The predicted molar refractivity (Wildman–Crippen MR) is 70.7 cm³/mol. The number of hydrogen-bond donors (Lipinski definition) is 0. The molecule has 1 heterocycles. The minimum atomic E-state index is -0.620. The van der Waals surface area contributed by atoms with Crippen LogP contribution in [0.4, 0.5) is 4.79 Å². The number of fused-ring (bicyclic) bond motifs is 1. The highest BCUT2D eigenvalue weighted by Crippen LogP contribution is 2.23. The summed E-state index contributed by atoms with van der Waals surface area (Å²) in [6, 6.07) is 6.90. The Hall–Kier alpha value is -2.63. The van der Waals surface area contributed by atoms with E-state index in [1.165, 1.54) is 25.0 Å². The van der Waals surface area contributed by atoms with E-state index in [1.54, 1.807) is 24.3 Å². The number of methoxy groups -OCH3 is 2. The zero-order valence-corrected chi connectivity index (χ0v) is 11.1.